The van der Waals surface area contributed by atoms with E-state index in [0.29, 0.717) is 18.5 Å². The average molecular weight is 383 g/mol. The van der Waals surface area contributed by atoms with Crippen LogP contribution in [0.2, 0.25) is 0 Å². The number of carboxylic acids is 1. The standard InChI is InChI=1S/C25H21NO3/c1-18-8-10-19(11-9-18)4-2-5-20-6-3-7-23(16-20)24(27)26-17-21-12-14-22(15-13-21)25(28)29/h3,6-16H,4,17H2,1H3,(H,26,27)(H,28,29). The van der Waals surface area contributed by atoms with Crippen molar-refractivity contribution >= 4 is 11.9 Å². The molecule has 4 nitrogen and oxygen atoms in total. The van der Waals surface area contributed by atoms with Gasteiger partial charge in [0.2, 0.25) is 0 Å². The number of carboxylic acid groups (broad SMARTS) is 1. The maximum absolute atomic E-state index is 12.4. The number of carbonyl (C=O) groups is 2. The van der Waals surface area contributed by atoms with Gasteiger partial charge in [-0.05, 0) is 48.4 Å². The average Bonchev–Trinajstić information content (AvgIpc) is 2.74. The second-order valence-corrected chi connectivity index (χ2v) is 6.73. The highest BCUT2D eigenvalue weighted by molar-refractivity contribution is 5.94. The number of aryl methyl sites for hydroxylation is 1. The fourth-order valence-corrected chi connectivity index (χ4v) is 2.74. The van der Waals surface area contributed by atoms with Crippen LogP contribution in [0, 0.1) is 18.8 Å². The molecule has 29 heavy (non-hydrogen) atoms. The molecule has 0 spiro atoms. The summed E-state index contributed by atoms with van der Waals surface area (Å²) in [4.78, 5) is 23.3. The Balaban J connectivity index is 1.59. The number of nitrogens with one attached hydrogen (secondary N) is 1. The van der Waals surface area contributed by atoms with Gasteiger partial charge in [-0.25, -0.2) is 4.79 Å². The van der Waals surface area contributed by atoms with Gasteiger partial charge in [0.05, 0.1) is 5.56 Å². The monoisotopic (exact) mass is 383 g/mol. The summed E-state index contributed by atoms with van der Waals surface area (Å²) >= 11 is 0. The van der Waals surface area contributed by atoms with Gasteiger partial charge in [-0.15, -0.1) is 0 Å². The van der Waals surface area contributed by atoms with E-state index in [-0.39, 0.29) is 11.5 Å². The molecule has 0 radical (unpaired) electrons. The number of aromatic carboxylic acids is 1. The topological polar surface area (TPSA) is 66.4 Å². The van der Waals surface area contributed by atoms with Crippen molar-refractivity contribution in [2.45, 2.75) is 19.9 Å². The fourth-order valence-electron chi connectivity index (χ4n) is 2.74. The number of hydrogen-bond donors (Lipinski definition) is 2. The zero-order valence-electron chi connectivity index (χ0n) is 16.1. The Morgan fingerprint density at radius 1 is 0.897 bits per heavy atom. The maximum Gasteiger partial charge on any atom is 0.335 e. The molecule has 0 fully saturated rings. The van der Waals surface area contributed by atoms with Crippen LogP contribution in [0.4, 0.5) is 0 Å². The normalized spacial score (nSPS) is 9.97. The maximum atomic E-state index is 12.4. The summed E-state index contributed by atoms with van der Waals surface area (Å²) in [6.45, 7) is 2.37. The van der Waals surface area contributed by atoms with Crippen LogP contribution in [0.15, 0.2) is 72.8 Å². The van der Waals surface area contributed by atoms with Gasteiger partial charge in [0, 0.05) is 24.1 Å². The highest BCUT2D eigenvalue weighted by Gasteiger charge is 2.06. The number of hydrogen-bond acceptors (Lipinski definition) is 2. The fraction of sp³-hybridized carbons (Fsp3) is 0.120. The molecule has 3 aromatic carbocycles. The van der Waals surface area contributed by atoms with Gasteiger partial charge >= 0.3 is 5.97 Å². The Labute approximate surface area is 170 Å². The van der Waals surface area contributed by atoms with Crippen molar-refractivity contribution in [3.63, 3.8) is 0 Å². The third-order valence-electron chi connectivity index (χ3n) is 4.42. The second-order valence-electron chi connectivity index (χ2n) is 6.73. The van der Waals surface area contributed by atoms with Gasteiger partial charge in [-0.1, -0.05) is 59.9 Å². The Hall–Kier alpha value is -3.84. The van der Waals surface area contributed by atoms with E-state index in [9.17, 15) is 9.59 Å². The first-order valence-electron chi connectivity index (χ1n) is 9.26. The molecule has 0 aliphatic rings. The molecule has 0 unspecified atom stereocenters. The summed E-state index contributed by atoms with van der Waals surface area (Å²) < 4.78 is 0. The Bertz CT molecular complexity index is 1070. The first kappa shape index (κ1) is 19.9. The largest absolute Gasteiger partial charge is 0.478 e. The van der Waals surface area contributed by atoms with E-state index in [0.717, 1.165) is 16.7 Å². The van der Waals surface area contributed by atoms with Gasteiger partial charge < -0.3 is 10.4 Å². The quantitative estimate of drug-likeness (QED) is 0.649. The molecule has 4 heteroatoms. The van der Waals surface area contributed by atoms with Crippen LogP contribution >= 0.6 is 0 Å². The van der Waals surface area contributed by atoms with E-state index in [1.165, 1.54) is 17.7 Å². The molecule has 0 bridgehead atoms. The van der Waals surface area contributed by atoms with Gasteiger partial charge in [0.1, 0.15) is 0 Å². The molecule has 0 aliphatic carbocycles. The van der Waals surface area contributed by atoms with Crippen molar-refractivity contribution in [3.8, 4) is 11.8 Å². The second kappa shape index (κ2) is 9.38. The van der Waals surface area contributed by atoms with Crippen LogP contribution in [-0.4, -0.2) is 17.0 Å². The van der Waals surface area contributed by atoms with Gasteiger partial charge in [0.15, 0.2) is 0 Å². The summed E-state index contributed by atoms with van der Waals surface area (Å²) in [6.07, 6.45) is 0.656. The highest BCUT2D eigenvalue weighted by atomic mass is 16.4. The van der Waals surface area contributed by atoms with Crippen LogP contribution in [0.1, 0.15) is 43.0 Å². The summed E-state index contributed by atoms with van der Waals surface area (Å²) in [7, 11) is 0. The molecule has 0 atom stereocenters. The molecule has 3 aromatic rings. The molecular weight excluding hydrogens is 362 g/mol. The minimum Gasteiger partial charge on any atom is -0.478 e. The lowest BCUT2D eigenvalue weighted by molar-refractivity contribution is 0.0696. The van der Waals surface area contributed by atoms with Crippen LogP contribution in [0.25, 0.3) is 0 Å². The van der Waals surface area contributed by atoms with Gasteiger partial charge in [-0.2, -0.15) is 0 Å². The van der Waals surface area contributed by atoms with E-state index in [2.05, 4.69) is 48.3 Å². The number of rotatable bonds is 5. The number of amides is 1. The smallest absolute Gasteiger partial charge is 0.335 e. The number of benzene rings is 3. The van der Waals surface area contributed by atoms with Crippen molar-refractivity contribution in [2.75, 3.05) is 0 Å². The SMILES string of the molecule is Cc1ccc(CC#Cc2cccc(C(=O)NCc3ccc(C(=O)O)cc3)c2)cc1. The molecule has 0 heterocycles. The highest BCUT2D eigenvalue weighted by Crippen LogP contribution is 2.08. The molecule has 0 saturated heterocycles. The predicted molar refractivity (Wildman–Crippen MR) is 113 cm³/mol. The van der Waals surface area contributed by atoms with E-state index in [1.54, 1.807) is 24.3 Å². The van der Waals surface area contributed by atoms with E-state index in [4.69, 9.17) is 5.11 Å². The molecule has 2 N–H and O–H groups in total. The van der Waals surface area contributed by atoms with Gasteiger partial charge in [0.25, 0.3) is 5.91 Å². The van der Waals surface area contributed by atoms with E-state index < -0.39 is 5.97 Å². The molecule has 144 valence electrons. The first-order chi connectivity index (χ1) is 14.0. The molecule has 0 saturated carbocycles. The molecular formula is C25H21NO3. The summed E-state index contributed by atoms with van der Waals surface area (Å²) in [6, 6.07) is 21.9. The third kappa shape index (κ3) is 5.82. The van der Waals surface area contributed by atoms with Crippen LogP contribution in [0.3, 0.4) is 0 Å². The van der Waals surface area contributed by atoms with Crippen molar-refractivity contribution in [2.24, 2.45) is 0 Å². The lowest BCUT2D eigenvalue weighted by Gasteiger charge is -2.06. The summed E-state index contributed by atoms with van der Waals surface area (Å²) in [5.41, 5.74) is 4.75. The zero-order valence-corrected chi connectivity index (χ0v) is 16.1. The molecule has 1 amide bonds. The first-order valence-corrected chi connectivity index (χ1v) is 9.26. The Kier molecular flexibility index (Phi) is 6.44. The Morgan fingerprint density at radius 3 is 2.28 bits per heavy atom. The third-order valence-corrected chi connectivity index (χ3v) is 4.42. The number of carbonyl (C=O) groups excluding carboxylic acids is 1. The van der Waals surface area contributed by atoms with Crippen molar-refractivity contribution < 1.29 is 14.7 Å². The van der Waals surface area contributed by atoms with Crippen LogP contribution < -0.4 is 5.32 Å². The lowest BCUT2D eigenvalue weighted by Crippen LogP contribution is -2.22. The van der Waals surface area contributed by atoms with Gasteiger partial charge in [-0.3, -0.25) is 4.79 Å². The van der Waals surface area contributed by atoms with Crippen LogP contribution in [0.5, 0.6) is 0 Å². The molecule has 0 aromatic heterocycles. The molecule has 0 aliphatic heterocycles. The summed E-state index contributed by atoms with van der Waals surface area (Å²) in [5, 5.41) is 11.8. The summed E-state index contributed by atoms with van der Waals surface area (Å²) in [5.74, 6) is 5.08. The Morgan fingerprint density at radius 2 is 1.59 bits per heavy atom. The zero-order chi connectivity index (χ0) is 20.6. The van der Waals surface area contributed by atoms with E-state index in [1.807, 2.05) is 12.1 Å². The molecule has 3 rings (SSSR count). The lowest BCUT2D eigenvalue weighted by atomic mass is 10.1. The van der Waals surface area contributed by atoms with Crippen molar-refractivity contribution in [1.82, 2.24) is 5.32 Å². The van der Waals surface area contributed by atoms with E-state index >= 15 is 0 Å². The minimum atomic E-state index is -0.971. The van der Waals surface area contributed by atoms with Crippen molar-refractivity contribution in [1.29, 1.82) is 0 Å². The van der Waals surface area contributed by atoms with Crippen molar-refractivity contribution in [3.05, 3.63) is 106 Å². The minimum absolute atomic E-state index is 0.200. The van der Waals surface area contributed by atoms with Crippen LogP contribution in [-0.2, 0) is 13.0 Å². The predicted octanol–water partition coefficient (Wildman–Crippen LogP) is 4.22.